The molecule has 1 aliphatic heterocycles. The molecule has 0 saturated carbocycles. The summed E-state index contributed by atoms with van der Waals surface area (Å²) in [5.41, 5.74) is 2.25. The van der Waals surface area contributed by atoms with E-state index in [-0.39, 0.29) is 11.7 Å². The lowest BCUT2D eigenvalue weighted by atomic mass is 10.2. The molecule has 0 aromatic heterocycles. The maximum Gasteiger partial charge on any atom is 0.248 e. The number of anilines is 2. The highest BCUT2D eigenvalue weighted by molar-refractivity contribution is 6.03. The van der Waals surface area contributed by atoms with Crippen LogP contribution in [0.5, 0.6) is 0 Å². The number of halogens is 1. The first-order valence-electron chi connectivity index (χ1n) is 8.81. The molecule has 1 fully saturated rings. The van der Waals surface area contributed by atoms with Crippen molar-refractivity contribution in [2.24, 2.45) is 0 Å². The van der Waals surface area contributed by atoms with Crippen molar-refractivity contribution in [3.05, 3.63) is 66.0 Å². The molecule has 1 N–H and O–H groups in total. The Kier molecular flexibility index (Phi) is 5.83. The normalized spacial score (nSPS) is 15.2. The number of hydrogen-bond donors (Lipinski definition) is 1. The third-order valence-corrected chi connectivity index (χ3v) is 4.43. The van der Waals surface area contributed by atoms with Crippen molar-refractivity contribution < 1.29 is 9.18 Å². The second-order valence-corrected chi connectivity index (χ2v) is 6.26. The van der Waals surface area contributed by atoms with Gasteiger partial charge >= 0.3 is 0 Å². The van der Waals surface area contributed by atoms with Crippen LogP contribution in [0.25, 0.3) is 6.08 Å². The number of amides is 1. The Bertz CT molecular complexity index is 749. The van der Waals surface area contributed by atoms with E-state index < -0.39 is 0 Å². The average molecular weight is 338 g/mol. The van der Waals surface area contributed by atoms with Gasteiger partial charge in [0.2, 0.25) is 5.91 Å². The molecule has 2 aromatic rings. The van der Waals surface area contributed by atoms with E-state index >= 15 is 0 Å². The molecule has 4 heteroatoms. The highest BCUT2D eigenvalue weighted by Gasteiger charge is 2.14. The zero-order valence-electron chi connectivity index (χ0n) is 14.2. The monoisotopic (exact) mass is 338 g/mol. The van der Waals surface area contributed by atoms with Crippen LogP contribution in [0.15, 0.2) is 54.6 Å². The topological polar surface area (TPSA) is 32.3 Å². The Balaban J connectivity index is 1.72. The van der Waals surface area contributed by atoms with Gasteiger partial charge in [0.05, 0.1) is 11.4 Å². The van der Waals surface area contributed by atoms with Gasteiger partial charge in [-0.3, -0.25) is 4.79 Å². The summed E-state index contributed by atoms with van der Waals surface area (Å²) in [7, 11) is 0. The molecule has 3 rings (SSSR count). The summed E-state index contributed by atoms with van der Waals surface area (Å²) < 4.78 is 13.6. The number of rotatable bonds is 4. The van der Waals surface area contributed by atoms with E-state index in [0.29, 0.717) is 5.56 Å². The van der Waals surface area contributed by atoms with Crippen LogP contribution < -0.4 is 10.2 Å². The number of nitrogens with one attached hydrogen (secondary N) is 1. The molecule has 25 heavy (non-hydrogen) atoms. The third kappa shape index (κ3) is 4.69. The Morgan fingerprint density at radius 2 is 1.64 bits per heavy atom. The fourth-order valence-electron chi connectivity index (χ4n) is 3.12. The summed E-state index contributed by atoms with van der Waals surface area (Å²) in [4.78, 5) is 14.6. The fourth-order valence-corrected chi connectivity index (χ4v) is 3.12. The summed E-state index contributed by atoms with van der Waals surface area (Å²) in [6, 6.07) is 14.3. The molecule has 0 spiro atoms. The smallest absolute Gasteiger partial charge is 0.248 e. The van der Waals surface area contributed by atoms with Crippen LogP contribution >= 0.6 is 0 Å². The van der Waals surface area contributed by atoms with E-state index in [1.165, 1.54) is 43.9 Å². The number of hydrogen-bond acceptors (Lipinski definition) is 2. The summed E-state index contributed by atoms with van der Waals surface area (Å²) in [5.74, 6) is -0.595. The largest absolute Gasteiger partial charge is 0.370 e. The summed E-state index contributed by atoms with van der Waals surface area (Å²) >= 11 is 0. The standard InChI is InChI=1S/C21H23FN2O/c22-18-10-4-3-9-17(18)13-14-21(25)23-19-11-5-6-12-20(19)24-15-7-1-2-8-16-24/h3-6,9-14H,1-2,7-8,15-16H2,(H,23,25)/b14-13+. The van der Waals surface area contributed by atoms with Gasteiger partial charge in [-0.1, -0.05) is 43.2 Å². The maximum atomic E-state index is 13.6. The second kappa shape index (κ2) is 8.47. The molecule has 130 valence electrons. The van der Waals surface area contributed by atoms with Gasteiger partial charge in [0.25, 0.3) is 0 Å². The summed E-state index contributed by atoms with van der Waals surface area (Å²) in [5, 5.41) is 2.93. The van der Waals surface area contributed by atoms with E-state index in [2.05, 4.69) is 10.2 Å². The van der Waals surface area contributed by atoms with Crippen LogP contribution in [-0.2, 0) is 4.79 Å². The Morgan fingerprint density at radius 3 is 2.40 bits per heavy atom. The predicted molar refractivity (Wildman–Crippen MR) is 101 cm³/mol. The lowest BCUT2D eigenvalue weighted by Gasteiger charge is -2.25. The first-order chi connectivity index (χ1) is 12.2. The van der Waals surface area contributed by atoms with Crippen molar-refractivity contribution in [2.45, 2.75) is 25.7 Å². The van der Waals surface area contributed by atoms with Crippen molar-refractivity contribution in [3.8, 4) is 0 Å². The predicted octanol–water partition coefficient (Wildman–Crippen LogP) is 4.86. The molecule has 3 nitrogen and oxygen atoms in total. The van der Waals surface area contributed by atoms with E-state index in [9.17, 15) is 9.18 Å². The van der Waals surface area contributed by atoms with Gasteiger partial charge < -0.3 is 10.2 Å². The quantitative estimate of drug-likeness (QED) is 0.808. The van der Waals surface area contributed by atoms with Gasteiger partial charge in [0, 0.05) is 24.7 Å². The third-order valence-electron chi connectivity index (χ3n) is 4.43. The highest BCUT2D eigenvalue weighted by Crippen LogP contribution is 2.28. The van der Waals surface area contributed by atoms with E-state index in [0.717, 1.165) is 24.5 Å². The minimum Gasteiger partial charge on any atom is -0.370 e. The Labute approximate surface area is 148 Å². The number of para-hydroxylation sites is 2. The van der Waals surface area contributed by atoms with E-state index in [1.807, 2.05) is 24.3 Å². The number of benzene rings is 2. The maximum absolute atomic E-state index is 13.6. The van der Waals surface area contributed by atoms with Crippen molar-refractivity contribution >= 4 is 23.4 Å². The molecule has 0 aliphatic carbocycles. The first kappa shape index (κ1) is 17.2. The van der Waals surface area contributed by atoms with Gasteiger partial charge in [0.1, 0.15) is 5.82 Å². The van der Waals surface area contributed by atoms with Crippen LogP contribution in [0, 0.1) is 5.82 Å². The molecule has 2 aromatic carbocycles. The van der Waals surface area contributed by atoms with Crippen molar-refractivity contribution in [1.82, 2.24) is 0 Å². The van der Waals surface area contributed by atoms with Gasteiger partial charge in [-0.2, -0.15) is 0 Å². The second-order valence-electron chi connectivity index (χ2n) is 6.26. The molecular weight excluding hydrogens is 315 g/mol. The van der Waals surface area contributed by atoms with Crippen molar-refractivity contribution in [3.63, 3.8) is 0 Å². The Hall–Kier alpha value is -2.62. The minimum absolute atomic E-state index is 0.259. The highest BCUT2D eigenvalue weighted by atomic mass is 19.1. The lowest BCUT2D eigenvalue weighted by Crippen LogP contribution is -2.25. The minimum atomic E-state index is -0.337. The van der Waals surface area contributed by atoms with Crippen LogP contribution in [0.3, 0.4) is 0 Å². The van der Waals surface area contributed by atoms with Gasteiger partial charge in [0.15, 0.2) is 0 Å². The van der Waals surface area contributed by atoms with Crippen LogP contribution in [-0.4, -0.2) is 19.0 Å². The summed E-state index contributed by atoms with van der Waals surface area (Å²) in [6.07, 6.45) is 7.74. The van der Waals surface area contributed by atoms with Gasteiger partial charge in [-0.25, -0.2) is 4.39 Å². The first-order valence-corrected chi connectivity index (χ1v) is 8.81. The van der Waals surface area contributed by atoms with Crippen LogP contribution in [0.4, 0.5) is 15.8 Å². The van der Waals surface area contributed by atoms with Crippen LogP contribution in [0.2, 0.25) is 0 Å². The zero-order chi connectivity index (χ0) is 17.5. The molecule has 1 heterocycles. The summed E-state index contributed by atoms with van der Waals surface area (Å²) in [6.45, 7) is 2.02. The molecule has 1 amide bonds. The molecule has 0 radical (unpaired) electrons. The lowest BCUT2D eigenvalue weighted by molar-refractivity contribution is -0.111. The fraction of sp³-hybridized carbons (Fsp3) is 0.286. The zero-order valence-corrected chi connectivity index (χ0v) is 14.2. The molecule has 1 saturated heterocycles. The number of nitrogens with zero attached hydrogens (tertiary/aromatic N) is 1. The SMILES string of the molecule is O=C(/C=C/c1ccccc1F)Nc1ccccc1N1CCCCCC1. The average Bonchev–Trinajstić information content (AvgIpc) is 2.91. The molecule has 0 atom stereocenters. The molecule has 1 aliphatic rings. The van der Waals surface area contributed by atoms with E-state index in [4.69, 9.17) is 0 Å². The van der Waals surface area contributed by atoms with Crippen LogP contribution in [0.1, 0.15) is 31.2 Å². The van der Waals surface area contributed by atoms with Crippen molar-refractivity contribution in [1.29, 1.82) is 0 Å². The van der Waals surface area contributed by atoms with Gasteiger partial charge in [-0.05, 0) is 37.1 Å². The van der Waals surface area contributed by atoms with E-state index in [1.54, 1.807) is 18.2 Å². The number of carbonyl (C=O) groups excluding carboxylic acids is 1. The van der Waals surface area contributed by atoms with Gasteiger partial charge in [-0.15, -0.1) is 0 Å². The molecule has 0 bridgehead atoms. The molecule has 0 unspecified atom stereocenters. The number of carbonyl (C=O) groups is 1. The van der Waals surface area contributed by atoms with Crippen molar-refractivity contribution in [2.75, 3.05) is 23.3 Å². The molecular formula is C21H23FN2O. The Morgan fingerprint density at radius 1 is 0.960 bits per heavy atom.